The van der Waals surface area contributed by atoms with Gasteiger partial charge in [0.2, 0.25) is 0 Å². The maximum Gasteiger partial charge on any atom is 0.262 e. The predicted octanol–water partition coefficient (Wildman–Crippen LogP) is 5.34. The molecule has 2 N–H and O–H groups in total. The Balaban J connectivity index is 1.70. The van der Waals surface area contributed by atoms with Crippen LogP contribution in [0.25, 0.3) is 6.08 Å². The minimum Gasteiger partial charge on any atom is -0.483 e. The van der Waals surface area contributed by atoms with Gasteiger partial charge in [-0.2, -0.15) is 5.26 Å². The molecule has 0 saturated carbocycles. The number of hydrogen-bond donors (Lipinski definition) is 2. The first-order valence-corrected chi connectivity index (χ1v) is 11.0. The first-order chi connectivity index (χ1) is 16.0. The van der Waals surface area contributed by atoms with Crippen molar-refractivity contribution in [3.05, 3.63) is 99.0 Å². The highest BCUT2D eigenvalue weighted by Crippen LogP contribution is 2.26. The Hall–Kier alpha value is -3.60. The summed E-state index contributed by atoms with van der Waals surface area (Å²) >= 11 is 9.44. The highest BCUT2D eigenvalue weighted by molar-refractivity contribution is 9.10. The molecule has 0 unspecified atom stereocenters. The molecular weight excluding hydrogens is 506 g/mol. The summed E-state index contributed by atoms with van der Waals surface area (Å²) in [4.78, 5) is 24.8. The molecule has 2 amide bonds. The van der Waals surface area contributed by atoms with Crippen LogP contribution in [0.5, 0.6) is 5.75 Å². The zero-order valence-electron chi connectivity index (χ0n) is 17.3. The molecule has 0 heterocycles. The van der Waals surface area contributed by atoms with Gasteiger partial charge in [-0.25, -0.2) is 0 Å². The van der Waals surface area contributed by atoms with E-state index < -0.39 is 11.8 Å². The van der Waals surface area contributed by atoms with Crippen molar-refractivity contribution in [2.45, 2.75) is 6.54 Å². The van der Waals surface area contributed by atoms with Crippen molar-refractivity contribution < 1.29 is 14.3 Å². The Morgan fingerprint density at radius 3 is 2.52 bits per heavy atom. The molecule has 0 saturated heterocycles. The largest absolute Gasteiger partial charge is 0.483 e. The number of rotatable bonds is 8. The van der Waals surface area contributed by atoms with Crippen LogP contribution >= 0.6 is 27.5 Å². The van der Waals surface area contributed by atoms with E-state index >= 15 is 0 Å². The molecule has 33 heavy (non-hydrogen) atoms. The monoisotopic (exact) mass is 523 g/mol. The Morgan fingerprint density at radius 1 is 1.06 bits per heavy atom. The van der Waals surface area contributed by atoms with Crippen LogP contribution < -0.4 is 15.4 Å². The molecule has 3 rings (SSSR count). The van der Waals surface area contributed by atoms with Crippen molar-refractivity contribution in [2.75, 3.05) is 11.9 Å². The third-order valence-electron chi connectivity index (χ3n) is 4.44. The minimum atomic E-state index is -0.510. The van der Waals surface area contributed by atoms with E-state index in [0.717, 1.165) is 10.0 Å². The summed E-state index contributed by atoms with van der Waals surface area (Å²) in [5.74, 6) is -0.568. The standard InChI is InChI=1S/C25H19BrClN3O3/c26-20-10-11-23(33-16-24(31)30-22-9-5-4-8-21(22)27)18(13-20)12-19(14-28)25(32)29-15-17-6-2-1-3-7-17/h1-13H,15-16H2,(H,29,32)(H,30,31)/b19-12+. The zero-order chi connectivity index (χ0) is 23.6. The first kappa shape index (κ1) is 24.1. The summed E-state index contributed by atoms with van der Waals surface area (Å²) in [6.07, 6.45) is 1.42. The number of carbonyl (C=O) groups is 2. The molecule has 0 aliphatic carbocycles. The molecule has 8 heteroatoms. The average molecular weight is 525 g/mol. The van der Waals surface area contributed by atoms with Gasteiger partial charge in [-0.15, -0.1) is 0 Å². The fraction of sp³-hybridized carbons (Fsp3) is 0.0800. The second kappa shape index (κ2) is 11.9. The van der Waals surface area contributed by atoms with Crippen LogP contribution in [0.1, 0.15) is 11.1 Å². The molecular formula is C25H19BrClN3O3. The van der Waals surface area contributed by atoms with Gasteiger partial charge in [0.1, 0.15) is 17.4 Å². The van der Waals surface area contributed by atoms with Gasteiger partial charge >= 0.3 is 0 Å². The Kier molecular flexibility index (Phi) is 8.64. The number of para-hydroxylation sites is 1. The second-order valence-corrected chi connectivity index (χ2v) is 8.16. The van der Waals surface area contributed by atoms with Crippen LogP contribution in [0, 0.1) is 11.3 Å². The van der Waals surface area contributed by atoms with Crippen LogP contribution in [-0.4, -0.2) is 18.4 Å². The molecule has 0 spiro atoms. The van der Waals surface area contributed by atoms with E-state index in [9.17, 15) is 14.9 Å². The number of nitrogens with one attached hydrogen (secondary N) is 2. The van der Waals surface area contributed by atoms with E-state index in [-0.39, 0.29) is 12.2 Å². The topological polar surface area (TPSA) is 91.2 Å². The molecule has 0 aliphatic heterocycles. The second-order valence-electron chi connectivity index (χ2n) is 6.84. The molecule has 0 fully saturated rings. The Morgan fingerprint density at radius 2 is 1.79 bits per heavy atom. The number of benzene rings is 3. The van der Waals surface area contributed by atoms with Crippen LogP contribution in [-0.2, 0) is 16.1 Å². The summed E-state index contributed by atoms with van der Waals surface area (Å²) in [5.41, 5.74) is 1.78. The molecule has 0 radical (unpaired) electrons. The van der Waals surface area contributed by atoms with Crippen molar-refractivity contribution in [2.24, 2.45) is 0 Å². The van der Waals surface area contributed by atoms with E-state index in [1.807, 2.05) is 36.4 Å². The van der Waals surface area contributed by atoms with Crippen molar-refractivity contribution in [1.82, 2.24) is 5.32 Å². The summed E-state index contributed by atoms with van der Waals surface area (Å²) in [5, 5.41) is 15.3. The van der Waals surface area contributed by atoms with E-state index in [0.29, 0.717) is 28.6 Å². The normalized spacial score (nSPS) is 10.8. The fourth-order valence-corrected chi connectivity index (χ4v) is 3.40. The predicted molar refractivity (Wildman–Crippen MR) is 132 cm³/mol. The summed E-state index contributed by atoms with van der Waals surface area (Å²) < 4.78 is 6.38. The fourth-order valence-electron chi connectivity index (χ4n) is 2.83. The lowest BCUT2D eigenvalue weighted by atomic mass is 10.1. The van der Waals surface area contributed by atoms with Gasteiger partial charge in [0.15, 0.2) is 6.61 Å². The van der Waals surface area contributed by atoms with Crippen molar-refractivity contribution >= 4 is 51.1 Å². The Bertz CT molecular complexity index is 1220. The summed E-state index contributed by atoms with van der Waals surface area (Å²) in [6.45, 7) is 0.0124. The highest BCUT2D eigenvalue weighted by atomic mass is 79.9. The van der Waals surface area contributed by atoms with Crippen LogP contribution in [0.4, 0.5) is 5.69 Å². The lowest BCUT2D eigenvalue weighted by molar-refractivity contribution is -0.118. The maximum absolute atomic E-state index is 12.5. The number of amides is 2. The van der Waals surface area contributed by atoms with Crippen LogP contribution in [0.3, 0.4) is 0 Å². The van der Waals surface area contributed by atoms with E-state index in [2.05, 4.69) is 26.6 Å². The van der Waals surface area contributed by atoms with Crippen molar-refractivity contribution in [1.29, 1.82) is 5.26 Å². The maximum atomic E-state index is 12.5. The van der Waals surface area contributed by atoms with Gasteiger partial charge in [-0.05, 0) is 42.0 Å². The average Bonchev–Trinajstić information content (AvgIpc) is 2.82. The molecule has 3 aromatic rings. The Labute approximate surface area is 205 Å². The molecule has 0 aromatic heterocycles. The minimum absolute atomic E-state index is 0.0885. The van der Waals surface area contributed by atoms with Gasteiger partial charge in [0, 0.05) is 16.6 Å². The molecule has 166 valence electrons. The van der Waals surface area contributed by atoms with E-state index in [1.165, 1.54) is 6.08 Å². The number of hydrogen-bond acceptors (Lipinski definition) is 4. The number of nitriles is 1. The van der Waals surface area contributed by atoms with E-state index in [1.54, 1.807) is 42.5 Å². The highest BCUT2D eigenvalue weighted by Gasteiger charge is 2.13. The van der Waals surface area contributed by atoms with Crippen molar-refractivity contribution in [3.63, 3.8) is 0 Å². The molecule has 0 atom stereocenters. The first-order valence-electron chi connectivity index (χ1n) is 9.87. The van der Waals surface area contributed by atoms with Crippen LogP contribution in [0.2, 0.25) is 5.02 Å². The quantitative estimate of drug-likeness (QED) is 0.307. The number of nitrogens with zero attached hydrogens (tertiary/aromatic N) is 1. The number of ether oxygens (including phenoxy) is 1. The summed E-state index contributed by atoms with van der Waals surface area (Å²) in [6, 6.07) is 23.3. The number of carbonyl (C=O) groups excluding carboxylic acids is 2. The van der Waals surface area contributed by atoms with Gasteiger partial charge in [0.25, 0.3) is 11.8 Å². The third-order valence-corrected chi connectivity index (χ3v) is 5.26. The zero-order valence-corrected chi connectivity index (χ0v) is 19.7. The number of halogens is 2. The smallest absolute Gasteiger partial charge is 0.262 e. The lowest BCUT2D eigenvalue weighted by Gasteiger charge is -2.11. The van der Waals surface area contributed by atoms with Gasteiger partial charge in [-0.3, -0.25) is 9.59 Å². The molecule has 0 bridgehead atoms. The molecule has 0 aliphatic rings. The van der Waals surface area contributed by atoms with Gasteiger partial charge in [0.05, 0.1) is 10.7 Å². The van der Waals surface area contributed by atoms with Crippen molar-refractivity contribution in [3.8, 4) is 11.8 Å². The van der Waals surface area contributed by atoms with E-state index in [4.69, 9.17) is 16.3 Å². The third kappa shape index (κ3) is 7.21. The summed E-state index contributed by atoms with van der Waals surface area (Å²) in [7, 11) is 0. The molecule has 6 nitrogen and oxygen atoms in total. The molecule has 3 aromatic carbocycles. The van der Waals surface area contributed by atoms with Gasteiger partial charge < -0.3 is 15.4 Å². The number of anilines is 1. The van der Waals surface area contributed by atoms with Crippen LogP contribution in [0.15, 0.2) is 82.8 Å². The SMILES string of the molecule is N#C/C(=C\c1cc(Br)ccc1OCC(=O)Nc1ccccc1Cl)C(=O)NCc1ccccc1. The lowest BCUT2D eigenvalue weighted by Crippen LogP contribution is -2.24. The van der Waals surface area contributed by atoms with Gasteiger partial charge in [-0.1, -0.05) is 70.0 Å².